The number of para-hydroxylation sites is 1. The van der Waals surface area contributed by atoms with Gasteiger partial charge >= 0.3 is 0 Å². The largest absolute Gasteiger partial charge is 0.434 e. The molecule has 1 aromatic heterocycles. The fraction of sp³-hybridized carbons (Fsp3) is 0.133. The lowest BCUT2D eigenvalue weighted by Gasteiger charge is -2.04. The van der Waals surface area contributed by atoms with Crippen molar-refractivity contribution in [3.05, 3.63) is 57.9 Å². The summed E-state index contributed by atoms with van der Waals surface area (Å²) in [5, 5.41) is 15.8. The van der Waals surface area contributed by atoms with Gasteiger partial charge in [0.05, 0.1) is 21.9 Å². The Balaban J connectivity index is 1.76. The molecule has 7 heteroatoms. The van der Waals surface area contributed by atoms with E-state index in [4.69, 9.17) is 4.74 Å². The fourth-order valence-corrected chi connectivity index (χ4v) is 2.74. The summed E-state index contributed by atoms with van der Waals surface area (Å²) in [6.07, 6.45) is 0.922. The van der Waals surface area contributed by atoms with Crippen molar-refractivity contribution in [2.45, 2.75) is 13.0 Å². The van der Waals surface area contributed by atoms with Crippen molar-refractivity contribution < 1.29 is 14.1 Å². The van der Waals surface area contributed by atoms with Crippen molar-refractivity contribution in [1.82, 2.24) is 9.78 Å². The van der Waals surface area contributed by atoms with Crippen LogP contribution in [-0.2, 0) is 13.0 Å². The molecule has 0 bridgehead atoms. The van der Waals surface area contributed by atoms with E-state index in [1.807, 2.05) is 22.9 Å². The van der Waals surface area contributed by atoms with E-state index in [1.54, 1.807) is 0 Å². The summed E-state index contributed by atoms with van der Waals surface area (Å²) >= 11 is 0. The van der Waals surface area contributed by atoms with E-state index < -0.39 is 10.7 Å². The Kier molecular flexibility index (Phi) is 2.62. The lowest BCUT2D eigenvalue weighted by atomic mass is 10.1. The van der Waals surface area contributed by atoms with Crippen molar-refractivity contribution in [3.8, 4) is 11.6 Å². The zero-order valence-corrected chi connectivity index (χ0v) is 11.3. The Morgan fingerprint density at radius 3 is 2.95 bits per heavy atom. The Morgan fingerprint density at radius 1 is 1.32 bits per heavy atom. The van der Waals surface area contributed by atoms with Crippen molar-refractivity contribution in [2.75, 3.05) is 0 Å². The van der Waals surface area contributed by atoms with Crippen LogP contribution in [0.15, 0.2) is 36.4 Å². The zero-order chi connectivity index (χ0) is 15.3. The molecular weight excluding hydrogens is 289 g/mol. The van der Waals surface area contributed by atoms with Crippen LogP contribution in [0.3, 0.4) is 0 Å². The third kappa shape index (κ3) is 1.82. The van der Waals surface area contributed by atoms with Gasteiger partial charge in [-0.15, -0.1) is 5.10 Å². The minimum Gasteiger partial charge on any atom is -0.434 e. The first-order valence-electron chi connectivity index (χ1n) is 6.74. The van der Waals surface area contributed by atoms with Gasteiger partial charge in [-0.05, 0) is 24.1 Å². The number of hydrogen-bond acceptors (Lipinski definition) is 4. The second-order valence-corrected chi connectivity index (χ2v) is 5.07. The molecule has 1 aliphatic rings. The van der Waals surface area contributed by atoms with E-state index in [0.29, 0.717) is 5.88 Å². The fourth-order valence-electron chi connectivity index (χ4n) is 2.74. The number of halogens is 1. The van der Waals surface area contributed by atoms with Gasteiger partial charge in [0.25, 0.3) is 5.69 Å². The maximum atomic E-state index is 13.9. The Hall–Kier alpha value is -2.96. The highest BCUT2D eigenvalue weighted by Gasteiger charge is 2.21. The van der Waals surface area contributed by atoms with Gasteiger partial charge in [-0.2, -0.15) is 0 Å². The first kappa shape index (κ1) is 12.8. The number of aromatic nitrogens is 2. The van der Waals surface area contributed by atoms with Crippen LogP contribution in [0.25, 0.3) is 10.9 Å². The van der Waals surface area contributed by atoms with E-state index in [1.165, 1.54) is 17.7 Å². The Morgan fingerprint density at radius 2 is 2.18 bits per heavy atom. The van der Waals surface area contributed by atoms with Crippen molar-refractivity contribution >= 4 is 16.6 Å². The first-order chi connectivity index (χ1) is 10.6. The highest BCUT2D eigenvalue weighted by atomic mass is 19.1. The highest BCUT2D eigenvalue weighted by Crippen LogP contribution is 2.35. The molecule has 3 aromatic rings. The normalized spacial score (nSPS) is 12.8. The molecule has 0 radical (unpaired) electrons. The number of nitro groups is 1. The molecule has 6 nitrogen and oxygen atoms in total. The number of non-ortho nitro benzene ring substituents is 1. The van der Waals surface area contributed by atoms with Crippen LogP contribution in [0, 0.1) is 15.9 Å². The summed E-state index contributed by atoms with van der Waals surface area (Å²) in [4.78, 5) is 9.98. The van der Waals surface area contributed by atoms with Crippen molar-refractivity contribution in [3.63, 3.8) is 0 Å². The molecule has 2 aromatic carbocycles. The lowest BCUT2D eigenvalue weighted by molar-refractivity contribution is -0.385. The number of rotatable bonds is 3. The molecule has 110 valence electrons. The van der Waals surface area contributed by atoms with Gasteiger partial charge in [0.2, 0.25) is 5.88 Å². The molecule has 0 atom stereocenters. The van der Waals surface area contributed by atoms with Gasteiger partial charge in [-0.3, -0.25) is 14.8 Å². The smallest absolute Gasteiger partial charge is 0.272 e. The van der Waals surface area contributed by atoms with Crippen molar-refractivity contribution in [1.29, 1.82) is 0 Å². The van der Waals surface area contributed by atoms with Gasteiger partial charge in [0.15, 0.2) is 11.6 Å². The summed E-state index contributed by atoms with van der Waals surface area (Å²) in [6, 6.07) is 9.10. The number of benzene rings is 2. The van der Waals surface area contributed by atoms with Crippen LogP contribution in [0.4, 0.5) is 10.1 Å². The third-order valence-corrected chi connectivity index (χ3v) is 3.75. The molecule has 1 aliphatic heterocycles. The molecule has 0 N–H and O–H groups in total. The second-order valence-electron chi connectivity index (χ2n) is 5.07. The molecule has 4 rings (SSSR count). The van der Waals surface area contributed by atoms with Gasteiger partial charge in [0.1, 0.15) is 0 Å². The highest BCUT2D eigenvalue weighted by molar-refractivity contribution is 5.88. The van der Waals surface area contributed by atoms with Crippen LogP contribution >= 0.6 is 0 Å². The van der Waals surface area contributed by atoms with E-state index in [0.717, 1.165) is 29.9 Å². The number of nitrogens with zero attached hydrogens (tertiary/aromatic N) is 3. The first-order valence-corrected chi connectivity index (χ1v) is 6.74. The predicted molar refractivity (Wildman–Crippen MR) is 76.6 cm³/mol. The molecule has 0 fully saturated rings. The van der Waals surface area contributed by atoms with Gasteiger partial charge in [0, 0.05) is 12.6 Å². The van der Waals surface area contributed by atoms with E-state index in [-0.39, 0.29) is 11.4 Å². The maximum Gasteiger partial charge on any atom is 0.272 e. The summed E-state index contributed by atoms with van der Waals surface area (Å²) in [5.74, 6) is -0.558. The number of hydrogen-bond donors (Lipinski definition) is 0. The third-order valence-electron chi connectivity index (χ3n) is 3.75. The molecule has 0 saturated carbocycles. The Bertz CT molecular complexity index is 920. The Labute approximate surface area is 123 Å². The van der Waals surface area contributed by atoms with Crippen LogP contribution in [0.5, 0.6) is 11.6 Å². The molecule has 0 spiro atoms. The molecule has 2 heterocycles. The van der Waals surface area contributed by atoms with Crippen LogP contribution in [0.2, 0.25) is 0 Å². The van der Waals surface area contributed by atoms with E-state index in [9.17, 15) is 14.5 Å². The van der Waals surface area contributed by atoms with Crippen LogP contribution < -0.4 is 4.74 Å². The van der Waals surface area contributed by atoms with Crippen LogP contribution in [-0.4, -0.2) is 14.7 Å². The molecule has 0 aliphatic carbocycles. The zero-order valence-electron chi connectivity index (χ0n) is 11.3. The maximum absolute atomic E-state index is 13.9. The average molecular weight is 299 g/mol. The predicted octanol–water partition coefficient (Wildman–Crippen LogP) is 3.43. The quantitative estimate of drug-likeness (QED) is 0.548. The van der Waals surface area contributed by atoms with Gasteiger partial charge < -0.3 is 4.74 Å². The lowest BCUT2D eigenvalue weighted by Crippen LogP contribution is -1.96. The second kappa shape index (κ2) is 4.52. The summed E-state index contributed by atoms with van der Waals surface area (Å²) in [5.41, 5.74) is 1.87. The van der Waals surface area contributed by atoms with E-state index in [2.05, 4.69) is 5.10 Å². The number of nitro benzene ring substituents is 1. The topological polar surface area (TPSA) is 70.2 Å². The van der Waals surface area contributed by atoms with E-state index >= 15 is 0 Å². The molecule has 0 saturated heterocycles. The van der Waals surface area contributed by atoms with Crippen LogP contribution in [0.1, 0.15) is 5.56 Å². The standard InChI is InChI=1S/C15H10FN3O3/c16-12-8-10(19(20)21)4-5-13(12)22-15-11-3-1-2-9-6-7-18(17-15)14(9)11/h1-5,8H,6-7H2. The van der Waals surface area contributed by atoms with Gasteiger partial charge in [-0.25, -0.2) is 4.39 Å². The van der Waals surface area contributed by atoms with Crippen molar-refractivity contribution in [2.24, 2.45) is 0 Å². The monoisotopic (exact) mass is 299 g/mol. The minimum absolute atomic E-state index is 0.0804. The average Bonchev–Trinajstić information content (AvgIpc) is 3.07. The molecule has 22 heavy (non-hydrogen) atoms. The molecule has 0 unspecified atom stereocenters. The summed E-state index contributed by atoms with van der Waals surface area (Å²) in [6.45, 7) is 0.766. The summed E-state index contributed by atoms with van der Waals surface area (Å²) < 4.78 is 21.3. The molecule has 0 amide bonds. The van der Waals surface area contributed by atoms with Gasteiger partial charge in [-0.1, -0.05) is 12.1 Å². The summed E-state index contributed by atoms with van der Waals surface area (Å²) in [7, 11) is 0. The molecular formula is C15H10FN3O3. The number of ether oxygens (including phenoxy) is 1. The SMILES string of the molecule is O=[N+]([O-])c1ccc(Oc2nn3c4c(cccc24)CC3)c(F)c1. The number of aryl methyl sites for hydroxylation is 2. The minimum atomic E-state index is -0.787.